The minimum absolute atomic E-state index is 0.250. The van der Waals surface area contributed by atoms with E-state index in [-0.39, 0.29) is 6.10 Å². The second-order valence-corrected chi connectivity index (χ2v) is 6.20. The summed E-state index contributed by atoms with van der Waals surface area (Å²) in [5.41, 5.74) is 2.85. The van der Waals surface area contributed by atoms with E-state index < -0.39 is 0 Å². The minimum Gasteiger partial charge on any atom is -0.376 e. The van der Waals surface area contributed by atoms with Crippen LogP contribution in [0.1, 0.15) is 49.8 Å². The van der Waals surface area contributed by atoms with Crippen LogP contribution in [0.5, 0.6) is 0 Å². The highest BCUT2D eigenvalue weighted by Crippen LogP contribution is 2.33. The van der Waals surface area contributed by atoms with E-state index in [0.29, 0.717) is 12.1 Å². The maximum Gasteiger partial charge on any atom is 0.0811 e. The molecule has 0 spiro atoms. The summed E-state index contributed by atoms with van der Waals surface area (Å²) in [5, 5.41) is 3.66. The molecule has 3 nitrogen and oxygen atoms in total. The molecule has 0 radical (unpaired) electrons. The van der Waals surface area contributed by atoms with Gasteiger partial charge in [0.05, 0.1) is 24.9 Å². The Morgan fingerprint density at radius 3 is 3.00 bits per heavy atom. The van der Waals surface area contributed by atoms with Crippen molar-refractivity contribution in [2.24, 2.45) is 0 Å². The van der Waals surface area contributed by atoms with Gasteiger partial charge in [0.2, 0.25) is 0 Å². The van der Waals surface area contributed by atoms with E-state index in [9.17, 15) is 0 Å². The highest BCUT2D eigenvalue weighted by Gasteiger charge is 2.33. The van der Waals surface area contributed by atoms with Crippen LogP contribution in [-0.2, 0) is 15.9 Å². The molecule has 1 heterocycles. The second kappa shape index (κ2) is 7.39. The summed E-state index contributed by atoms with van der Waals surface area (Å²) in [6.07, 6.45) is 6.34. The third kappa shape index (κ3) is 3.65. The Balaban J connectivity index is 1.61. The number of hydrogen-bond acceptors (Lipinski definition) is 3. The van der Waals surface area contributed by atoms with Gasteiger partial charge in [0, 0.05) is 13.0 Å². The Labute approximate surface area is 128 Å². The maximum atomic E-state index is 6.25. The highest BCUT2D eigenvalue weighted by molar-refractivity contribution is 5.36. The predicted octanol–water partition coefficient (Wildman–Crippen LogP) is 3.24. The Kier molecular flexibility index (Phi) is 5.28. The van der Waals surface area contributed by atoms with E-state index >= 15 is 0 Å². The van der Waals surface area contributed by atoms with Crippen molar-refractivity contribution in [3.63, 3.8) is 0 Å². The van der Waals surface area contributed by atoms with Crippen molar-refractivity contribution in [1.82, 2.24) is 5.32 Å². The zero-order chi connectivity index (χ0) is 14.5. The third-order valence-electron chi connectivity index (χ3n) is 4.57. The van der Waals surface area contributed by atoms with E-state index in [1.54, 1.807) is 0 Å². The minimum atomic E-state index is 0.250. The molecule has 1 fully saturated rings. The molecule has 3 rings (SSSR count). The van der Waals surface area contributed by atoms with Gasteiger partial charge in [-0.05, 0) is 43.4 Å². The average molecular weight is 289 g/mol. The molecule has 3 atom stereocenters. The highest BCUT2D eigenvalue weighted by atomic mass is 16.5. The zero-order valence-corrected chi connectivity index (χ0v) is 13.0. The normalized spacial score (nSPS) is 28.5. The van der Waals surface area contributed by atoms with Crippen LogP contribution in [0.2, 0.25) is 0 Å². The summed E-state index contributed by atoms with van der Waals surface area (Å²) >= 11 is 0. The van der Waals surface area contributed by atoms with Crippen molar-refractivity contribution in [1.29, 1.82) is 0 Å². The topological polar surface area (TPSA) is 30.5 Å². The van der Waals surface area contributed by atoms with Gasteiger partial charge in [-0.25, -0.2) is 0 Å². The number of nitrogens with one attached hydrogen (secondary N) is 1. The summed E-state index contributed by atoms with van der Waals surface area (Å²) in [5.74, 6) is 0. The smallest absolute Gasteiger partial charge is 0.0811 e. The van der Waals surface area contributed by atoms with Gasteiger partial charge >= 0.3 is 0 Å². The van der Waals surface area contributed by atoms with E-state index in [4.69, 9.17) is 9.47 Å². The lowest BCUT2D eigenvalue weighted by atomic mass is 10.1. The lowest BCUT2D eigenvalue weighted by Crippen LogP contribution is -2.34. The molecule has 21 heavy (non-hydrogen) atoms. The quantitative estimate of drug-likeness (QED) is 0.872. The van der Waals surface area contributed by atoms with Crippen LogP contribution in [0.4, 0.5) is 0 Å². The molecule has 0 saturated carbocycles. The SMILES string of the molecule is CCCNC1c2ccccc2CC1OCC1CCCCO1. The number of hydrogen-bond donors (Lipinski definition) is 1. The van der Waals surface area contributed by atoms with Crippen molar-refractivity contribution in [2.45, 2.75) is 57.3 Å². The maximum absolute atomic E-state index is 6.25. The van der Waals surface area contributed by atoms with Crippen LogP contribution >= 0.6 is 0 Å². The number of benzene rings is 1. The van der Waals surface area contributed by atoms with E-state index in [1.165, 1.54) is 24.0 Å². The third-order valence-corrected chi connectivity index (χ3v) is 4.57. The van der Waals surface area contributed by atoms with Crippen molar-refractivity contribution < 1.29 is 9.47 Å². The van der Waals surface area contributed by atoms with Crippen LogP contribution in [0.3, 0.4) is 0 Å². The van der Waals surface area contributed by atoms with E-state index in [2.05, 4.69) is 36.5 Å². The lowest BCUT2D eigenvalue weighted by molar-refractivity contribution is -0.0680. The first-order chi connectivity index (χ1) is 10.4. The molecule has 2 aliphatic rings. The summed E-state index contributed by atoms with van der Waals surface area (Å²) in [6, 6.07) is 9.07. The first kappa shape index (κ1) is 15.0. The van der Waals surface area contributed by atoms with Gasteiger partial charge in [-0.3, -0.25) is 0 Å². The van der Waals surface area contributed by atoms with Crippen molar-refractivity contribution in [3.8, 4) is 0 Å². The van der Waals surface area contributed by atoms with Crippen LogP contribution in [0, 0.1) is 0 Å². The molecule has 1 aliphatic heterocycles. The fourth-order valence-corrected chi connectivity index (χ4v) is 3.42. The van der Waals surface area contributed by atoms with Crippen molar-refractivity contribution >= 4 is 0 Å². The standard InChI is InChI=1S/C18H27NO2/c1-2-10-19-18-16-9-4-3-7-14(16)12-17(18)21-13-15-8-5-6-11-20-15/h3-4,7,9,15,17-19H,2,5-6,8,10-13H2,1H3. The molecule has 0 amide bonds. The molecule has 1 N–H and O–H groups in total. The van der Waals surface area contributed by atoms with Gasteiger partial charge in [0.15, 0.2) is 0 Å². The van der Waals surface area contributed by atoms with E-state index in [0.717, 1.165) is 39.0 Å². The molecule has 1 aromatic rings. The van der Waals surface area contributed by atoms with Crippen LogP contribution in [0.15, 0.2) is 24.3 Å². The molecule has 0 aromatic heterocycles. The Bertz CT molecular complexity index is 443. The monoisotopic (exact) mass is 289 g/mol. The number of ether oxygens (including phenoxy) is 2. The van der Waals surface area contributed by atoms with Crippen LogP contribution in [0.25, 0.3) is 0 Å². The van der Waals surface area contributed by atoms with Crippen molar-refractivity contribution in [2.75, 3.05) is 19.8 Å². The summed E-state index contributed by atoms with van der Waals surface area (Å²) in [6.45, 7) is 4.89. The molecular formula is C18H27NO2. The average Bonchev–Trinajstić information content (AvgIpc) is 2.89. The summed E-state index contributed by atoms with van der Waals surface area (Å²) in [7, 11) is 0. The second-order valence-electron chi connectivity index (χ2n) is 6.20. The zero-order valence-electron chi connectivity index (χ0n) is 13.0. The molecule has 1 saturated heterocycles. The molecule has 1 aliphatic carbocycles. The van der Waals surface area contributed by atoms with Crippen molar-refractivity contribution in [3.05, 3.63) is 35.4 Å². The molecule has 116 valence electrons. The first-order valence-corrected chi connectivity index (χ1v) is 8.43. The number of fused-ring (bicyclic) bond motifs is 1. The molecule has 3 heteroatoms. The molecule has 0 bridgehead atoms. The number of rotatable bonds is 6. The Hall–Kier alpha value is -0.900. The molecule has 1 aromatic carbocycles. The van der Waals surface area contributed by atoms with Gasteiger partial charge in [0.25, 0.3) is 0 Å². The lowest BCUT2D eigenvalue weighted by Gasteiger charge is -2.27. The van der Waals surface area contributed by atoms with Gasteiger partial charge in [-0.15, -0.1) is 0 Å². The predicted molar refractivity (Wildman–Crippen MR) is 84.5 cm³/mol. The largest absolute Gasteiger partial charge is 0.376 e. The van der Waals surface area contributed by atoms with E-state index in [1.807, 2.05) is 0 Å². The van der Waals surface area contributed by atoms with Gasteiger partial charge in [0.1, 0.15) is 0 Å². The Morgan fingerprint density at radius 2 is 2.19 bits per heavy atom. The van der Waals surface area contributed by atoms with Gasteiger partial charge in [-0.1, -0.05) is 31.2 Å². The Morgan fingerprint density at radius 1 is 1.29 bits per heavy atom. The molecular weight excluding hydrogens is 262 g/mol. The fraction of sp³-hybridized carbons (Fsp3) is 0.667. The van der Waals surface area contributed by atoms with Crippen LogP contribution in [-0.4, -0.2) is 32.0 Å². The molecule has 3 unspecified atom stereocenters. The first-order valence-electron chi connectivity index (χ1n) is 8.43. The van der Waals surface area contributed by atoms with Gasteiger partial charge < -0.3 is 14.8 Å². The van der Waals surface area contributed by atoms with Gasteiger partial charge in [-0.2, -0.15) is 0 Å². The summed E-state index contributed by atoms with van der Waals surface area (Å²) < 4.78 is 12.0. The summed E-state index contributed by atoms with van der Waals surface area (Å²) in [4.78, 5) is 0. The van der Waals surface area contributed by atoms with Crippen LogP contribution < -0.4 is 5.32 Å². The fourth-order valence-electron chi connectivity index (χ4n) is 3.42.